The van der Waals surface area contributed by atoms with Gasteiger partial charge in [0.05, 0.1) is 23.8 Å². The van der Waals surface area contributed by atoms with Crippen molar-refractivity contribution in [2.75, 3.05) is 19.0 Å². The molecule has 0 unspecified atom stereocenters. The van der Waals surface area contributed by atoms with E-state index in [2.05, 4.69) is 0 Å². The number of anilines is 1. The Bertz CT molecular complexity index is 951. The highest BCUT2D eigenvalue weighted by Gasteiger charge is 2.54. The fraction of sp³-hybridized carbons (Fsp3) is 0.391. The number of carbonyl (C=O) groups is 1. The van der Waals surface area contributed by atoms with Crippen molar-refractivity contribution >= 4 is 34.2 Å². The quantitative estimate of drug-likeness (QED) is 0.657. The van der Waals surface area contributed by atoms with Gasteiger partial charge in [0.15, 0.2) is 5.17 Å². The molecule has 5 atom stereocenters. The minimum absolute atomic E-state index is 0.161. The first-order valence-electron chi connectivity index (χ1n) is 10.3. The number of amides is 1. The number of hydrogen-bond donors (Lipinski definition) is 3. The molecule has 1 saturated carbocycles. The minimum atomic E-state index is -1.00. The zero-order chi connectivity index (χ0) is 22.1. The number of carbonyl (C=O) groups excluding carboxylic acids is 1. The summed E-state index contributed by atoms with van der Waals surface area (Å²) >= 11 is 1.46. The molecule has 8 heteroatoms. The second kappa shape index (κ2) is 8.90. The summed E-state index contributed by atoms with van der Waals surface area (Å²) < 4.78 is 0. The first-order valence-corrected chi connectivity index (χ1v) is 11.2. The van der Waals surface area contributed by atoms with Crippen LogP contribution in [0.4, 0.5) is 11.4 Å². The maximum Gasteiger partial charge on any atom is 0.221 e. The lowest BCUT2D eigenvalue weighted by Gasteiger charge is -2.41. The molecule has 31 heavy (non-hydrogen) atoms. The van der Waals surface area contributed by atoms with Crippen LogP contribution >= 0.6 is 11.8 Å². The standard InChI is InChI=1S/C23H28N4O3S/c1-26(2)16-10-8-15(9-11-16)25-23-27(13-14-6-4-3-5-7-14)19-20(29)18(28)12-17(22(24)30)21(19)31-23/h3-11,17-21,28-29H,12-13H2,1-2H3,(H2,24,30)/t17-,18+,19+,20-,21+/m0/s1. The van der Waals surface area contributed by atoms with Crippen LogP contribution in [0.1, 0.15) is 12.0 Å². The Balaban J connectivity index is 1.72. The predicted octanol–water partition coefficient (Wildman–Crippen LogP) is 1.95. The number of benzene rings is 2. The smallest absolute Gasteiger partial charge is 0.221 e. The van der Waals surface area contributed by atoms with Crippen LogP contribution in [0, 0.1) is 5.92 Å². The van der Waals surface area contributed by atoms with E-state index >= 15 is 0 Å². The molecule has 2 aliphatic rings. The molecule has 0 aromatic heterocycles. The number of nitrogens with zero attached hydrogens (tertiary/aromatic N) is 3. The van der Waals surface area contributed by atoms with Crippen molar-refractivity contribution in [3.63, 3.8) is 0 Å². The van der Waals surface area contributed by atoms with Crippen molar-refractivity contribution in [3.8, 4) is 0 Å². The van der Waals surface area contributed by atoms with Gasteiger partial charge < -0.3 is 25.7 Å². The Morgan fingerprint density at radius 2 is 1.84 bits per heavy atom. The van der Waals surface area contributed by atoms with E-state index in [9.17, 15) is 15.0 Å². The Kier molecular flexibility index (Phi) is 6.22. The number of thioether (sulfide) groups is 1. The molecule has 2 fully saturated rings. The number of nitrogens with two attached hydrogens (primary N) is 1. The van der Waals surface area contributed by atoms with Crippen LogP contribution in [0.3, 0.4) is 0 Å². The van der Waals surface area contributed by atoms with Crippen LogP contribution in [0.5, 0.6) is 0 Å². The summed E-state index contributed by atoms with van der Waals surface area (Å²) in [5.74, 6) is -0.986. The summed E-state index contributed by atoms with van der Waals surface area (Å²) in [7, 11) is 3.97. The van der Waals surface area contributed by atoms with Crippen LogP contribution < -0.4 is 10.6 Å². The first-order chi connectivity index (χ1) is 14.8. The van der Waals surface area contributed by atoms with Crippen molar-refractivity contribution in [2.45, 2.75) is 36.5 Å². The third-order valence-electron chi connectivity index (χ3n) is 5.97. The summed E-state index contributed by atoms with van der Waals surface area (Å²) in [6.07, 6.45) is -1.83. The zero-order valence-corrected chi connectivity index (χ0v) is 18.4. The summed E-state index contributed by atoms with van der Waals surface area (Å²) in [6.45, 7) is 0.513. The van der Waals surface area contributed by atoms with E-state index in [4.69, 9.17) is 10.7 Å². The average Bonchev–Trinajstić information content (AvgIpc) is 3.09. The summed E-state index contributed by atoms with van der Waals surface area (Å²) in [5, 5.41) is 21.8. The Hall–Kier alpha value is -2.55. The maximum atomic E-state index is 12.1. The third-order valence-corrected chi connectivity index (χ3v) is 7.39. The molecule has 1 aliphatic heterocycles. The van der Waals surface area contributed by atoms with E-state index in [1.807, 2.05) is 78.5 Å². The largest absolute Gasteiger partial charge is 0.390 e. The number of amidine groups is 1. The second-order valence-electron chi connectivity index (χ2n) is 8.29. The van der Waals surface area contributed by atoms with E-state index in [1.165, 1.54) is 11.8 Å². The third kappa shape index (κ3) is 4.42. The normalized spacial score (nSPS) is 29.1. The summed E-state index contributed by atoms with van der Waals surface area (Å²) in [5.41, 5.74) is 8.58. The van der Waals surface area contributed by atoms with E-state index in [0.29, 0.717) is 6.54 Å². The molecule has 164 valence electrons. The van der Waals surface area contributed by atoms with Gasteiger partial charge in [-0.3, -0.25) is 4.79 Å². The van der Waals surface area contributed by atoms with Gasteiger partial charge in [-0.25, -0.2) is 4.99 Å². The highest BCUT2D eigenvalue weighted by molar-refractivity contribution is 8.14. The van der Waals surface area contributed by atoms with E-state index in [1.54, 1.807) is 0 Å². The number of aliphatic imine (C=N–C) groups is 1. The Labute approximate surface area is 186 Å². The van der Waals surface area contributed by atoms with E-state index < -0.39 is 30.1 Å². The van der Waals surface area contributed by atoms with Crippen molar-refractivity contribution in [3.05, 3.63) is 60.2 Å². The van der Waals surface area contributed by atoms with E-state index in [-0.39, 0.29) is 11.7 Å². The Morgan fingerprint density at radius 3 is 2.45 bits per heavy atom. The average molecular weight is 441 g/mol. The molecule has 0 radical (unpaired) electrons. The first kappa shape index (κ1) is 21.7. The van der Waals surface area contributed by atoms with Gasteiger partial charge in [0.1, 0.15) is 6.10 Å². The molecular weight excluding hydrogens is 412 g/mol. The fourth-order valence-electron chi connectivity index (χ4n) is 4.28. The molecule has 4 rings (SSSR count). The SMILES string of the molecule is CN(C)c1ccc(N=C2S[C@H]3[C@@H]([C@@H](O)[C@H](O)C[C@@H]3C(N)=O)N2Cc2ccccc2)cc1. The minimum Gasteiger partial charge on any atom is -0.390 e. The van der Waals surface area contributed by atoms with Crippen molar-refractivity contribution < 1.29 is 15.0 Å². The van der Waals surface area contributed by atoms with Crippen molar-refractivity contribution in [1.29, 1.82) is 0 Å². The molecule has 2 aromatic rings. The van der Waals surface area contributed by atoms with Crippen LogP contribution in [0.15, 0.2) is 59.6 Å². The maximum absolute atomic E-state index is 12.1. The zero-order valence-electron chi connectivity index (χ0n) is 17.6. The number of rotatable bonds is 5. The molecule has 1 heterocycles. The number of aliphatic hydroxyl groups is 2. The number of aliphatic hydroxyl groups excluding tert-OH is 2. The fourth-order valence-corrected chi connectivity index (χ4v) is 5.86. The summed E-state index contributed by atoms with van der Waals surface area (Å²) in [6, 6.07) is 17.3. The van der Waals surface area contributed by atoms with Gasteiger partial charge in [-0.15, -0.1) is 0 Å². The number of primary amides is 1. The van der Waals surface area contributed by atoms with Gasteiger partial charge >= 0.3 is 0 Å². The molecule has 2 aromatic carbocycles. The van der Waals surface area contributed by atoms with Crippen LogP contribution in [-0.2, 0) is 11.3 Å². The summed E-state index contributed by atoms with van der Waals surface area (Å²) in [4.78, 5) is 21.0. The molecular formula is C23H28N4O3S. The van der Waals surface area contributed by atoms with Gasteiger partial charge in [-0.2, -0.15) is 0 Å². The Morgan fingerprint density at radius 1 is 1.16 bits per heavy atom. The molecule has 1 amide bonds. The molecule has 0 bridgehead atoms. The molecule has 4 N–H and O–H groups in total. The van der Waals surface area contributed by atoms with Crippen LogP contribution in [-0.4, -0.2) is 63.8 Å². The molecule has 1 aliphatic carbocycles. The molecule has 0 spiro atoms. The monoisotopic (exact) mass is 440 g/mol. The van der Waals surface area contributed by atoms with Gasteiger partial charge in [0.2, 0.25) is 5.91 Å². The van der Waals surface area contributed by atoms with E-state index in [0.717, 1.165) is 22.1 Å². The lowest BCUT2D eigenvalue weighted by Crippen LogP contribution is -2.58. The highest BCUT2D eigenvalue weighted by Crippen LogP contribution is 2.45. The van der Waals surface area contributed by atoms with Gasteiger partial charge in [0.25, 0.3) is 0 Å². The number of hydrogen-bond acceptors (Lipinski definition) is 6. The van der Waals surface area contributed by atoms with Crippen LogP contribution in [0.2, 0.25) is 0 Å². The van der Waals surface area contributed by atoms with Gasteiger partial charge in [0, 0.05) is 31.6 Å². The predicted molar refractivity (Wildman–Crippen MR) is 124 cm³/mol. The van der Waals surface area contributed by atoms with Crippen molar-refractivity contribution in [2.24, 2.45) is 16.6 Å². The second-order valence-corrected chi connectivity index (χ2v) is 9.44. The van der Waals surface area contributed by atoms with Crippen molar-refractivity contribution in [1.82, 2.24) is 4.90 Å². The highest BCUT2D eigenvalue weighted by atomic mass is 32.2. The van der Waals surface area contributed by atoms with Gasteiger partial charge in [-0.05, 0) is 36.2 Å². The molecule has 1 saturated heterocycles. The topological polar surface area (TPSA) is 102 Å². The lowest BCUT2D eigenvalue weighted by atomic mass is 9.80. The lowest BCUT2D eigenvalue weighted by molar-refractivity contribution is -0.128. The van der Waals surface area contributed by atoms with Gasteiger partial charge in [-0.1, -0.05) is 42.1 Å². The van der Waals surface area contributed by atoms with Crippen LogP contribution in [0.25, 0.3) is 0 Å². The molecule has 7 nitrogen and oxygen atoms in total. The number of fused-ring (bicyclic) bond motifs is 1.